The first-order valence-electron chi connectivity index (χ1n) is 10.2. The number of ether oxygens (including phenoxy) is 2. The predicted octanol–water partition coefficient (Wildman–Crippen LogP) is 4.10. The molecular weight excluding hydrogens is 442 g/mol. The van der Waals surface area contributed by atoms with Crippen molar-refractivity contribution < 1.29 is 23.5 Å². The highest BCUT2D eigenvalue weighted by Crippen LogP contribution is 2.33. The van der Waals surface area contributed by atoms with Gasteiger partial charge in [-0.05, 0) is 48.5 Å². The number of nitrogens with zero attached hydrogens (tertiary/aromatic N) is 2. The van der Waals surface area contributed by atoms with Gasteiger partial charge in [-0.2, -0.15) is 0 Å². The standard InChI is InChI=1S/C24H19N3O5S/c28-20(16-6-7-21-22(12-16)32-15-31-21)14-33-24-25-8-9-27(24)18-4-1-3-17(11-18)23(29)26-13-19-5-2-10-30-19/h1-12H,13-15H2,(H,26,29). The Labute approximate surface area is 193 Å². The lowest BCUT2D eigenvalue weighted by atomic mass is 10.1. The minimum absolute atomic E-state index is 0.0427. The van der Waals surface area contributed by atoms with E-state index in [9.17, 15) is 9.59 Å². The van der Waals surface area contributed by atoms with Crippen molar-refractivity contribution >= 4 is 23.5 Å². The van der Waals surface area contributed by atoms with Gasteiger partial charge in [0.2, 0.25) is 6.79 Å². The normalized spacial score (nSPS) is 12.0. The molecule has 3 heterocycles. The fourth-order valence-electron chi connectivity index (χ4n) is 3.36. The van der Waals surface area contributed by atoms with E-state index in [4.69, 9.17) is 13.9 Å². The second-order valence-electron chi connectivity index (χ2n) is 7.17. The zero-order valence-corrected chi connectivity index (χ0v) is 18.2. The molecule has 2 aromatic carbocycles. The number of amides is 1. The average Bonchev–Trinajstić information content (AvgIpc) is 3.62. The predicted molar refractivity (Wildman–Crippen MR) is 121 cm³/mol. The quantitative estimate of drug-likeness (QED) is 0.312. The first-order valence-corrected chi connectivity index (χ1v) is 11.2. The van der Waals surface area contributed by atoms with Crippen LogP contribution in [0.5, 0.6) is 11.5 Å². The molecule has 0 aliphatic carbocycles. The molecule has 1 amide bonds. The number of hydrogen-bond acceptors (Lipinski definition) is 7. The van der Waals surface area contributed by atoms with Crippen LogP contribution in [0.4, 0.5) is 0 Å². The van der Waals surface area contributed by atoms with Crippen LogP contribution in [0, 0.1) is 0 Å². The smallest absolute Gasteiger partial charge is 0.251 e. The fraction of sp³-hybridized carbons (Fsp3) is 0.125. The van der Waals surface area contributed by atoms with Crippen molar-refractivity contribution in [2.75, 3.05) is 12.5 Å². The Morgan fingerprint density at radius 1 is 1.03 bits per heavy atom. The van der Waals surface area contributed by atoms with Gasteiger partial charge in [-0.15, -0.1) is 0 Å². The zero-order valence-electron chi connectivity index (χ0n) is 17.4. The van der Waals surface area contributed by atoms with Gasteiger partial charge in [0.15, 0.2) is 22.4 Å². The summed E-state index contributed by atoms with van der Waals surface area (Å²) in [5, 5.41) is 3.49. The number of aromatic nitrogens is 2. The molecule has 0 unspecified atom stereocenters. The maximum atomic E-state index is 12.7. The lowest BCUT2D eigenvalue weighted by Crippen LogP contribution is -2.22. The van der Waals surface area contributed by atoms with E-state index >= 15 is 0 Å². The molecule has 9 heteroatoms. The third kappa shape index (κ3) is 4.63. The number of carbonyl (C=O) groups is 2. The number of benzene rings is 2. The zero-order chi connectivity index (χ0) is 22.6. The van der Waals surface area contributed by atoms with Crippen molar-refractivity contribution in [3.63, 3.8) is 0 Å². The van der Waals surface area contributed by atoms with Gasteiger partial charge in [-0.25, -0.2) is 4.98 Å². The lowest BCUT2D eigenvalue weighted by Gasteiger charge is -2.10. The Balaban J connectivity index is 1.26. The summed E-state index contributed by atoms with van der Waals surface area (Å²) in [6, 6.07) is 16.0. The van der Waals surface area contributed by atoms with Gasteiger partial charge in [0, 0.05) is 29.2 Å². The Morgan fingerprint density at radius 2 is 1.94 bits per heavy atom. The van der Waals surface area contributed by atoms with Gasteiger partial charge < -0.3 is 19.2 Å². The van der Waals surface area contributed by atoms with Crippen molar-refractivity contribution in [3.8, 4) is 17.2 Å². The third-order valence-corrected chi connectivity index (χ3v) is 5.99. The molecule has 8 nitrogen and oxygen atoms in total. The Bertz CT molecular complexity index is 1300. The van der Waals surface area contributed by atoms with E-state index in [0.717, 1.165) is 5.69 Å². The van der Waals surface area contributed by atoms with E-state index in [1.54, 1.807) is 61.1 Å². The number of carbonyl (C=O) groups excluding carboxylic acids is 2. The Morgan fingerprint density at radius 3 is 2.82 bits per heavy atom. The highest BCUT2D eigenvalue weighted by Gasteiger charge is 2.17. The van der Waals surface area contributed by atoms with Crippen molar-refractivity contribution in [1.29, 1.82) is 0 Å². The number of thioether (sulfide) groups is 1. The number of nitrogens with one attached hydrogen (secondary N) is 1. The second kappa shape index (κ2) is 9.25. The van der Waals surface area contributed by atoms with Gasteiger partial charge in [-0.3, -0.25) is 14.2 Å². The number of imidazole rings is 1. The van der Waals surface area contributed by atoms with Crippen LogP contribution in [0.15, 0.2) is 82.8 Å². The first-order chi connectivity index (χ1) is 16.2. The molecule has 1 aliphatic rings. The summed E-state index contributed by atoms with van der Waals surface area (Å²) in [6.07, 6.45) is 5.03. The number of fused-ring (bicyclic) bond motifs is 1. The molecule has 0 spiro atoms. The average molecular weight is 461 g/mol. The molecule has 0 radical (unpaired) electrons. The molecule has 33 heavy (non-hydrogen) atoms. The summed E-state index contributed by atoms with van der Waals surface area (Å²) < 4.78 is 17.7. The van der Waals surface area contributed by atoms with Gasteiger partial charge in [0.1, 0.15) is 5.76 Å². The van der Waals surface area contributed by atoms with Crippen molar-refractivity contribution in [3.05, 3.63) is 90.1 Å². The second-order valence-corrected chi connectivity index (χ2v) is 8.11. The molecule has 1 aliphatic heterocycles. The largest absolute Gasteiger partial charge is 0.467 e. The SMILES string of the molecule is O=C(CSc1nccn1-c1cccc(C(=O)NCc2ccco2)c1)c1ccc2c(c1)OCO2. The van der Waals surface area contributed by atoms with Crippen LogP contribution in [0.2, 0.25) is 0 Å². The van der Waals surface area contributed by atoms with E-state index in [1.165, 1.54) is 11.8 Å². The molecule has 0 fully saturated rings. The molecule has 5 rings (SSSR count). The highest BCUT2D eigenvalue weighted by atomic mass is 32.2. The molecule has 166 valence electrons. The molecule has 0 bridgehead atoms. The number of Topliss-reactive ketones (excluding diaryl/α,β-unsaturated/α-hetero) is 1. The van der Waals surface area contributed by atoms with E-state index in [2.05, 4.69) is 10.3 Å². The summed E-state index contributed by atoms with van der Waals surface area (Å²) in [5.41, 5.74) is 1.84. The van der Waals surface area contributed by atoms with Crippen molar-refractivity contribution in [2.45, 2.75) is 11.7 Å². The van der Waals surface area contributed by atoms with Gasteiger partial charge in [-0.1, -0.05) is 17.8 Å². The minimum atomic E-state index is -0.208. The third-order valence-electron chi connectivity index (χ3n) is 5.02. The van der Waals surface area contributed by atoms with Gasteiger partial charge in [0.25, 0.3) is 5.91 Å². The molecule has 4 aromatic rings. The monoisotopic (exact) mass is 461 g/mol. The topological polar surface area (TPSA) is 95.6 Å². The minimum Gasteiger partial charge on any atom is -0.467 e. The Hall–Kier alpha value is -3.98. The molecular formula is C24H19N3O5S. The molecule has 0 atom stereocenters. The molecule has 2 aromatic heterocycles. The van der Waals surface area contributed by atoms with E-state index in [-0.39, 0.29) is 24.2 Å². The maximum absolute atomic E-state index is 12.7. The van der Waals surface area contributed by atoms with E-state index < -0.39 is 0 Å². The summed E-state index contributed by atoms with van der Waals surface area (Å²) in [6.45, 7) is 0.476. The van der Waals surface area contributed by atoms with Crippen LogP contribution in [0.1, 0.15) is 26.5 Å². The van der Waals surface area contributed by atoms with E-state index in [1.807, 2.05) is 16.7 Å². The number of furan rings is 1. The fourth-order valence-corrected chi connectivity index (χ4v) is 4.22. The summed E-state index contributed by atoms with van der Waals surface area (Å²) >= 11 is 1.32. The van der Waals surface area contributed by atoms with Gasteiger partial charge in [0.05, 0.1) is 18.6 Å². The van der Waals surface area contributed by atoms with Gasteiger partial charge >= 0.3 is 0 Å². The number of hydrogen-bond donors (Lipinski definition) is 1. The molecule has 0 saturated carbocycles. The van der Waals surface area contributed by atoms with Crippen molar-refractivity contribution in [1.82, 2.24) is 14.9 Å². The van der Waals surface area contributed by atoms with Crippen LogP contribution in [0.25, 0.3) is 5.69 Å². The first kappa shape index (κ1) is 20.9. The lowest BCUT2D eigenvalue weighted by molar-refractivity contribution is 0.0947. The maximum Gasteiger partial charge on any atom is 0.251 e. The number of ketones is 1. The van der Waals surface area contributed by atoms with E-state index in [0.29, 0.717) is 40.1 Å². The van der Waals surface area contributed by atoms with Crippen LogP contribution in [-0.4, -0.2) is 33.8 Å². The van der Waals surface area contributed by atoms with Crippen LogP contribution < -0.4 is 14.8 Å². The van der Waals surface area contributed by atoms with Crippen LogP contribution in [-0.2, 0) is 6.54 Å². The van der Waals surface area contributed by atoms with Crippen LogP contribution in [0.3, 0.4) is 0 Å². The molecule has 1 N–H and O–H groups in total. The number of rotatable bonds is 8. The summed E-state index contributed by atoms with van der Waals surface area (Å²) in [4.78, 5) is 29.6. The van der Waals surface area contributed by atoms with Crippen LogP contribution >= 0.6 is 11.8 Å². The highest BCUT2D eigenvalue weighted by molar-refractivity contribution is 7.99. The Kier molecular flexibility index (Phi) is 5.86. The summed E-state index contributed by atoms with van der Waals surface area (Å²) in [5.74, 6) is 1.86. The van der Waals surface area contributed by atoms with Crippen molar-refractivity contribution in [2.24, 2.45) is 0 Å². The molecule has 0 saturated heterocycles. The summed E-state index contributed by atoms with van der Waals surface area (Å²) in [7, 11) is 0.